The molecule has 0 aliphatic rings. The molecule has 0 saturated carbocycles. The van der Waals surface area contributed by atoms with E-state index in [-0.39, 0.29) is 23.2 Å². The van der Waals surface area contributed by atoms with Crippen molar-refractivity contribution in [3.63, 3.8) is 0 Å². The van der Waals surface area contributed by atoms with Crippen LogP contribution in [0.1, 0.15) is 29.9 Å². The molecule has 0 aliphatic heterocycles. The summed E-state index contributed by atoms with van der Waals surface area (Å²) < 4.78 is 4.63. The van der Waals surface area contributed by atoms with Gasteiger partial charge in [0.2, 0.25) is 5.91 Å². The van der Waals surface area contributed by atoms with Crippen LogP contribution in [-0.4, -0.2) is 24.0 Å². The predicted octanol–water partition coefficient (Wildman–Crippen LogP) is 1.77. The van der Waals surface area contributed by atoms with Gasteiger partial charge in [-0.25, -0.2) is 9.78 Å². The van der Waals surface area contributed by atoms with Gasteiger partial charge in [0.15, 0.2) is 0 Å². The van der Waals surface area contributed by atoms with Crippen molar-refractivity contribution >= 4 is 17.7 Å². The lowest BCUT2D eigenvalue weighted by molar-refractivity contribution is -0.118. The average Bonchev–Trinajstić information content (AvgIpc) is 2.28. The van der Waals surface area contributed by atoms with Crippen LogP contribution in [0.15, 0.2) is 12.1 Å². The molecule has 0 unspecified atom stereocenters. The van der Waals surface area contributed by atoms with Crippen molar-refractivity contribution in [3.05, 3.63) is 23.4 Å². The van der Waals surface area contributed by atoms with E-state index in [1.165, 1.54) is 7.11 Å². The highest BCUT2D eigenvalue weighted by Crippen LogP contribution is 2.15. The highest BCUT2D eigenvalue weighted by atomic mass is 16.5. The van der Waals surface area contributed by atoms with Crippen molar-refractivity contribution < 1.29 is 14.3 Å². The van der Waals surface area contributed by atoms with E-state index in [1.54, 1.807) is 32.9 Å². The zero-order valence-corrected chi connectivity index (χ0v) is 10.4. The molecule has 0 bridgehead atoms. The number of amides is 1. The summed E-state index contributed by atoms with van der Waals surface area (Å²) >= 11 is 0. The first-order chi connectivity index (χ1) is 7.95. The fraction of sp³-hybridized carbons (Fsp3) is 0.417. The Morgan fingerprint density at radius 1 is 1.35 bits per heavy atom. The first-order valence-electron chi connectivity index (χ1n) is 5.32. The van der Waals surface area contributed by atoms with Crippen molar-refractivity contribution in [2.24, 2.45) is 5.92 Å². The van der Waals surface area contributed by atoms with Gasteiger partial charge in [0.05, 0.1) is 7.11 Å². The minimum absolute atomic E-state index is 0.178. The van der Waals surface area contributed by atoms with E-state index in [1.807, 2.05) is 0 Å². The van der Waals surface area contributed by atoms with Crippen LogP contribution in [0.4, 0.5) is 5.82 Å². The third-order valence-corrected chi connectivity index (χ3v) is 2.21. The molecule has 1 N–H and O–H groups in total. The molecule has 17 heavy (non-hydrogen) atoms. The molecule has 0 spiro atoms. The standard InChI is InChI=1S/C12H16N2O3/c1-7(2)11(15)14-10-9(12(16)17-4)6-5-8(3)13-10/h5-7H,1-4H3,(H,13,14,15). The van der Waals surface area contributed by atoms with Crippen molar-refractivity contribution in [1.29, 1.82) is 0 Å². The maximum atomic E-state index is 11.6. The highest BCUT2D eigenvalue weighted by molar-refractivity contribution is 6.00. The van der Waals surface area contributed by atoms with Crippen LogP contribution in [0.25, 0.3) is 0 Å². The Hall–Kier alpha value is -1.91. The van der Waals surface area contributed by atoms with E-state index in [0.717, 1.165) is 5.69 Å². The van der Waals surface area contributed by atoms with Gasteiger partial charge in [-0.2, -0.15) is 0 Å². The van der Waals surface area contributed by atoms with Gasteiger partial charge in [-0.15, -0.1) is 0 Å². The summed E-state index contributed by atoms with van der Waals surface area (Å²) in [5.41, 5.74) is 0.976. The number of nitrogens with zero attached hydrogens (tertiary/aromatic N) is 1. The Labute approximate surface area is 100 Å². The fourth-order valence-electron chi connectivity index (χ4n) is 1.19. The van der Waals surface area contributed by atoms with Gasteiger partial charge in [0, 0.05) is 11.6 Å². The number of methoxy groups -OCH3 is 1. The summed E-state index contributed by atoms with van der Waals surface area (Å²) in [6.07, 6.45) is 0. The molecule has 1 amide bonds. The molecular formula is C12H16N2O3. The van der Waals surface area contributed by atoms with Crippen LogP contribution in [0, 0.1) is 12.8 Å². The maximum absolute atomic E-state index is 11.6. The van der Waals surface area contributed by atoms with Gasteiger partial charge in [-0.1, -0.05) is 13.8 Å². The molecule has 1 rings (SSSR count). The predicted molar refractivity (Wildman–Crippen MR) is 63.8 cm³/mol. The minimum Gasteiger partial charge on any atom is -0.465 e. The van der Waals surface area contributed by atoms with E-state index in [0.29, 0.717) is 0 Å². The third kappa shape index (κ3) is 3.27. The van der Waals surface area contributed by atoms with Crippen molar-refractivity contribution in [2.45, 2.75) is 20.8 Å². The van der Waals surface area contributed by atoms with Crippen LogP contribution < -0.4 is 5.32 Å². The van der Waals surface area contributed by atoms with Crippen molar-refractivity contribution in [2.75, 3.05) is 12.4 Å². The number of aryl methyl sites for hydroxylation is 1. The Morgan fingerprint density at radius 3 is 2.53 bits per heavy atom. The molecule has 0 aromatic carbocycles. The molecule has 5 heteroatoms. The van der Waals surface area contributed by atoms with Gasteiger partial charge in [0.1, 0.15) is 11.4 Å². The number of ether oxygens (including phenoxy) is 1. The van der Waals surface area contributed by atoms with Gasteiger partial charge in [-0.3, -0.25) is 4.79 Å². The molecule has 1 heterocycles. The molecule has 0 saturated heterocycles. The van der Waals surface area contributed by atoms with Gasteiger partial charge in [-0.05, 0) is 19.1 Å². The average molecular weight is 236 g/mol. The van der Waals surface area contributed by atoms with Crippen molar-refractivity contribution in [3.8, 4) is 0 Å². The van der Waals surface area contributed by atoms with Gasteiger partial charge < -0.3 is 10.1 Å². The number of esters is 1. The number of nitrogens with one attached hydrogen (secondary N) is 1. The molecule has 0 atom stereocenters. The molecular weight excluding hydrogens is 220 g/mol. The van der Waals surface area contributed by atoms with Crippen LogP contribution in [0.2, 0.25) is 0 Å². The number of pyridine rings is 1. The lowest BCUT2D eigenvalue weighted by atomic mass is 10.2. The quantitative estimate of drug-likeness (QED) is 0.812. The number of carbonyl (C=O) groups is 2. The summed E-state index contributed by atoms with van der Waals surface area (Å²) in [4.78, 5) is 27.2. The van der Waals surface area contributed by atoms with E-state index in [9.17, 15) is 9.59 Å². The SMILES string of the molecule is COC(=O)c1ccc(C)nc1NC(=O)C(C)C. The summed E-state index contributed by atoms with van der Waals surface area (Å²) in [5, 5.41) is 2.62. The largest absolute Gasteiger partial charge is 0.465 e. The lowest BCUT2D eigenvalue weighted by Crippen LogP contribution is -2.21. The van der Waals surface area contributed by atoms with Gasteiger partial charge >= 0.3 is 5.97 Å². The van der Waals surface area contributed by atoms with Crippen LogP contribution in [0.5, 0.6) is 0 Å². The van der Waals surface area contributed by atoms with Gasteiger partial charge in [0.25, 0.3) is 0 Å². The Balaban J connectivity index is 3.07. The molecule has 0 aliphatic carbocycles. The minimum atomic E-state index is -0.517. The molecule has 92 valence electrons. The number of aromatic nitrogens is 1. The third-order valence-electron chi connectivity index (χ3n) is 2.21. The van der Waals surface area contributed by atoms with E-state index >= 15 is 0 Å². The number of carbonyl (C=O) groups excluding carboxylic acids is 2. The normalized spacial score (nSPS) is 10.2. The zero-order valence-electron chi connectivity index (χ0n) is 10.4. The summed E-state index contributed by atoms with van der Waals surface area (Å²) in [6, 6.07) is 3.28. The lowest BCUT2D eigenvalue weighted by Gasteiger charge is -2.11. The topological polar surface area (TPSA) is 68.3 Å². The monoisotopic (exact) mass is 236 g/mol. The second-order valence-corrected chi connectivity index (χ2v) is 3.98. The van der Waals surface area contributed by atoms with Crippen LogP contribution in [0.3, 0.4) is 0 Å². The molecule has 5 nitrogen and oxygen atoms in total. The Morgan fingerprint density at radius 2 is 2.00 bits per heavy atom. The molecule has 0 fully saturated rings. The van der Waals surface area contributed by atoms with Crippen molar-refractivity contribution in [1.82, 2.24) is 4.98 Å². The second-order valence-electron chi connectivity index (χ2n) is 3.98. The van der Waals surface area contributed by atoms with E-state index in [2.05, 4.69) is 15.0 Å². The van der Waals surface area contributed by atoms with Crippen LogP contribution in [-0.2, 0) is 9.53 Å². The Kier molecular flexibility index (Phi) is 4.20. The zero-order chi connectivity index (χ0) is 13.0. The number of hydrogen-bond acceptors (Lipinski definition) is 4. The molecule has 1 aromatic rings. The van der Waals surface area contributed by atoms with E-state index < -0.39 is 5.97 Å². The second kappa shape index (κ2) is 5.43. The smallest absolute Gasteiger partial charge is 0.341 e. The summed E-state index contributed by atoms with van der Waals surface area (Å²) in [5.74, 6) is -0.636. The first-order valence-corrected chi connectivity index (χ1v) is 5.32. The first kappa shape index (κ1) is 13.2. The maximum Gasteiger partial charge on any atom is 0.341 e. The summed E-state index contributed by atoms with van der Waals surface area (Å²) in [6.45, 7) is 5.32. The van der Waals surface area contributed by atoms with Crippen LogP contribution >= 0.6 is 0 Å². The fourth-order valence-corrected chi connectivity index (χ4v) is 1.19. The molecule has 1 aromatic heterocycles. The number of hydrogen-bond donors (Lipinski definition) is 1. The highest BCUT2D eigenvalue weighted by Gasteiger charge is 2.16. The van der Waals surface area contributed by atoms with E-state index in [4.69, 9.17) is 0 Å². The number of anilines is 1. The number of rotatable bonds is 3. The summed E-state index contributed by atoms with van der Waals surface area (Å²) in [7, 11) is 1.29. The molecule has 0 radical (unpaired) electrons. The Bertz CT molecular complexity index is 441.